The third-order valence-electron chi connectivity index (χ3n) is 3.82. The van der Waals surface area contributed by atoms with Crippen LogP contribution in [0.25, 0.3) is 0 Å². The maximum atomic E-state index is 12.0. The van der Waals surface area contributed by atoms with Gasteiger partial charge in [0.25, 0.3) is 0 Å². The molecule has 29 heavy (non-hydrogen) atoms. The normalized spacial score (nSPS) is 20.6. The lowest BCUT2D eigenvalue weighted by atomic mass is 10.2. The fraction of sp³-hybridized carbons (Fsp3) is 0.412. The Hall–Kier alpha value is -1.76. The van der Waals surface area contributed by atoms with E-state index in [4.69, 9.17) is 43.4 Å². The standard InChI is InChI=1S/C17H18N2O6S4/c1-9-2-3-10(18-14(20)22-5-11-7-28-16(26)24-11)4-13(9)19-15(21)23-6-12-8-29-17(27)25-12/h2-4,11-12H,5-8H2,1H3,(H,18,20)(H,19,21). The summed E-state index contributed by atoms with van der Waals surface area (Å²) in [5.74, 6) is 1.31. The van der Waals surface area contributed by atoms with Crippen LogP contribution in [0.15, 0.2) is 18.2 Å². The summed E-state index contributed by atoms with van der Waals surface area (Å²) in [6, 6.07) is 5.08. The van der Waals surface area contributed by atoms with Crippen LogP contribution in [0.4, 0.5) is 21.0 Å². The quantitative estimate of drug-likeness (QED) is 0.591. The Balaban J connectivity index is 1.46. The van der Waals surface area contributed by atoms with E-state index in [0.29, 0.717) is 31.6 Å². The van der Waals surface area contributed by atoms with Crippen molar-refractivity contribution in [2.24, 2.45) is 0 Å². The van der Waals surface area contributed by atoms with Crippen molar-refractivity contribution in [2.45, 2.75) is 19.1 Å². The molecule has 2 aliphatic rings. The largest absolute Gasteiger partial charge is 0.471 e. The summed E-state index contributed by atoms with van der Waals surface area (Å²) in [6.07, 6.45) is -1.72. The van der Waals surface area contributed by atoms with Gasteiger partial charge in [-0.3, -0.25) is 10.6 Å². The fourth-order valence-corrected chi connectivity index (χ4v) is 4.43. The van der Waals surface area contributed by atoms with Gasteiger partial charge >= 0.3 is 12.2 Å². The Kier molecular flexibility index (Phi) is 7.81. The molecule has 156 valence electrons. The van der Waals surface area contributed by atoms with E-state index in [1.165, 1.54) is 23.5 Å². The molecule has 2 aliphatic heterocycles. The summed E-state index contributed by atoms with van der Waals surface area (Å²) in [5, 5.41) is 5.27. The summed E-state index contributed by atoms with van der Waals surface area (Å²) < 4.78 is 21.9. The number of thioether (sulfide) groups is 2. The minimum atomic E-state index is -0.624. The van der Waals surface area contributed by atoms with Gasteiger partial charge in [0.2, 0.25) is 8.77 Å². The second-order valence-electron chi connectivity index (χ2n) is 6.08. The van der Waals surface area contributed by atoms with E-state index in [1.807, 2.05) is 6.92 Å². The summed E-state index contributed by atoms with van der Waals surface area (Å²) in [4.78, 5) is 24.0. The Morgan fingerprint density at radius 3 is 2.10 bits per heavy atom. The molecule has 0 saturated carbocycles. The maximum absolute atomic E-state index is 12.0. The first-order valence-corrected chi connectivity index (χ1v) is 11.3. The lowest BCUT2D eigenvalue weighted by molar-refractivity contribution is 0.103. The molecule has 2 heterocycles. The number of rotatable bonds is 6. The number of ether oxygens (including phenoxy) is 4. The number of hydrogen-bond donors (Lipinski definition) is 2. The number of nitrogens with one attached hydrogen (secondary N) is 2. The van der Waals surface area contributed by atoms with E-state index in [2.05, 4.69) is 10.6 Å². The van der Waals surface area contributed by atoms with Gasteiger partial charge in [-0.2, -0.15) is 0 Å². The second kappa shape index (κ2) is 10.3. The zero-order chi connectivity index (χ0) is 20.8. The van der Waals surface area contributed by atoms with Crippen molar-refractivity contribution in [3.63, 3.8) is 0 Å². The molecule has 2 unspecified atom stereocenters. The van der Waals surface area contributed by atoms with Crippen LogP contribution in [-0.4, -0.2) is 57.9 Å². The van der Waals surface area contributed by atoms with Gasteiger partial charge in [-0.1, -0.05) is 29.6 Å². The summed E-state index contributed by atoms with van der Waals surface area (Å²) in [6.45, 7) is 2.03. The SMILES string of the molecule is Cc1ccc(NC(=O)OCC2CSC(=S)O2)cc1NC(=O)OCC1CSC(=S)O1. The molecule has 0 radical (unpaired) electrons. The first kappa shape index (κ1) is 21.9. The predicted molar refractivity (Wildman–Crippen MR) is 121 cm³/mol. The Labute approximate surface area is 186 Å². The average Bonchev–Trinajstić information content (AvgIpc) is 3.29. The minimum absolute atomic E-state index is 0.104. The van der Waals surface area contributed by atoms with Crippen LogP contribution < -0.4 is 10.6 Å². The van der Waals surface area contributed by atoms with Crippen LogP contribution in [0.1, 0.15) is 5.56 Å². The van der Waals surface area contributed by atoms with Crippen molar-refractivity contribution in [1.29, 1.82) is 0 Å². The van der Waals surface area contributed by atoms with Crippen LogP contribution in [0.2, 0.25) is 0 Å². The number of carbonyl (C=O) groups is 2. The molecule has 2 amide bonds. The molecule has 2 atom stereocenters. The molecule has 1 aromatic rings. The Morgan fingerprint density at radius 2 is 1.59 bits per heavy atom. The lowest BCUT2D eigenvalue weighted by Crippen LogP contribution is -2.24. The number of anilines is 2. The summed E-state index contributed by atoms with van der Waals surface area (Å²) in [5.41, 5.74) is 1.78. The van der Waals surface area contributed by atoms with Gasteiger partial charge in [0.05, 0.1) is 0 Å². The molecule has 8 nitrogen and oxygen atoms in total. The summed E-state index contributed by atoms with van der Waals surface area (Å²) in [7, 11) is 0. The number of hydrogen-bond acceptors (Lipinski definition) is 10. The minimum Gasteiger partial charge on any atom is -0.471 e. The van der Waals surface area contributed by atoms with Crippen molar-refractivity contribution in [1.82, 2.24) is 0 Å². The van der Waals surface area contributed by atoms with Gasteiger partial charge in [-0.25, -0.2) is 9.59 Å². The monoisotopic (exact) mass is 474 g/mol. The molecule has 2 saturated heterocycles. The highest BCUT2D eigenvalue weighted by Crippen LogP contribution is 2.23. The fourth-order valence-electron chi connectivity index (χ4n) is 2.37. The van der Waals surface area contributed by atoms with Crippen molar-refractivity contribution < 1.29 is 28.5 Å². The van der Waals surface area contributed by atoms with E-state index in [9.17, 15) is 9.59 Å². The molecular weight excluding hydrogens is 456 g/mol. The van der Waals surface area contributed by atoms with E-state index in [-0.39, 0.29) is 25.4 Å². The van der Waals surface area contributed by atoms with Gasteiger partial charge in [-0.05, 0) is 49.1 Å². The second-order valence-corrected chi connectivity index (χ2v) is 9.32. The van der Waals surface area contributed by atoms with E-state index in [0.717, 1.165) is 5.56 Å². The molecule has 0 spiro atoms. The zero-order valence-corrected chi connectivity index (χ0v) is 18.6. The molecule has 0 bridgehead atoms. The lowest BCUT2D eigenvalue weighted by Gasteiger charge is -2.14. The van der Waals surface area contributed by atoms with Gasteiger partial charge in [0.15, 0.2) is 0 Å². The molecule has 3 rings (SSSR count). The number of thiocarbonyl (C=S) groups is 2. The molecule has 0 aliphatic carbocycles. The van der Waals surface area contributed by atoms with Gasteiger partial charge in [0.1, 0.15) is 25.4 Å². The summed E-state index contributed by atoms with van der Waals surface area (Å²) >= 11 is 12.7. The zero-order valence-electron chi connectivity index (χ0n) is 15.3. The van der Waals surface area contributed by atoms with Crippen molar-refractivity contribution in [2.75, 3.05) is 35.4 Å². The van der Waals surface area contributed by atoms with Crippen molar-refractivity contribution in [3.05, 3.63) is 23.8 Å². The van der Waals surface area contributed by atoms with Crippen molar-refractivity contribution >= 4 is 80.3 Å². The maximum Gasteiger partial charge on any atom is 0.411 e. The third kappa shape index (κ3) is 6.91. The molecule has 2 N–H and O–H groups in total. The van der Waals surface area contributed by atoms with E-state index in [1.54, 1.807) is 18.2 Å². The highest BCUT2D eigenvalue weighted by Gasteiger charge is 2.24. The van der Waals surface area contributed by atoms with Crippen LogP contribution in [0.3, 0.4) is 0 Å². The Bertz CT molecular complexity index is 821. The van der Waals surface area contributed by atoms with E-state index < -0.39 is 12.2 Å². The van der Waals surface area contributed by atoms with Crippen LogP contribution in [0.5, 0.6) is 0 Å². The molecule has 12 heteroatoms. The topological polar surface area (TPSA) is 95.1 Å². The first-order chi connectivity index (χ1) is 13.9. The van der Waals surface area contributed by atoms with Crippen LogP contribution in [0, 0.1) is 6.92 Å². The smallest absolute Gasteiger partial charge is 0.411 e. The number of amides is 2. The van der Waals surface area contributed by atoms with Gasteiger partial charge in [0, 0.05) is 22.9 Å². The van der Waals surface area contributed by atoms with Gasteiger partial charge < -0.3 is 18.9 Å². The van der Waals surface area contributed by atoms with Crippen LogP contribution in [-0.2, 0) is 18.9 Å². The highest BCUT2D eigenvalue weighted by molar-refractivity contribution is 8.23. The predicted octanol–water partition coefficient (Wildman–Crippen LogP) is 3.93. The third-order valence-corrected chi connectivity index (χ3v) is 6.46. The van der Waals surface area contributed by atoms with E-state index >= 15 is 0 Å². The number of benzene rings is 1. The van der Waals surface area contributed by atoms with Crippen molar-refractivity contribution in [3.8, 4) is 0 Å². The Morgan fingerprint density at radius 1 is 1.03 bits per heavy atom. The average molecular weight is 475 g/mol. The molecule has 0 aromatic heterocycles. The first-order valence-electron chi connectivity index (χ1n) is 8.54. The van der Waals surface area contributed by atoms with Gasteiger partial charge in [-0.15, -0.1) is 0 Å². The molecular formula is C17H18N2O6S4. The highest BCUT2D eigenvalue weighted by atomic mass is 32.2. The number of carbonyl (C=O) groups excluding carboxylic acids is 2. The molecule has 2 fully saturated rings. The number of aryl methyl sites for hydroxylation is 1. The molecule has 1 aromatic carbocycles. The van der Waals surface area contributed by atoms with Crippen LogP contribution >= 0.6 is 48.0 Å².